The predicted octanol–water partition coefficient (Wildman–Crippen LogP) is 2.57. The second kappa shape index (κ2) is 10.7. The minimum Gasteiger partial charge on any atom is -0.429 e. The third-order valence-electron chi connectivity index (χ3n) is 4.95. The van der Waals surface area contributed by atoms with Crippen LogP contribution in [0.1, 0.15) is 64.2 Å². The molecule has 4 atom stereocenters. The fourth-order valence-electron chi connectivity index (χ4n) is 3.02. The van der Waals surface area contributed by atoms with Crippen LogP contribution in [0.4, 0.5) is 4.79 Å². The number of carbonyl (C=O) groups is 3. The van der Waals surface area contributed by atoms with Crippen molar-refractivity contribution < 1.29 is 29.1 Å². The summed E-state index contributed by atoms with van der Waals surface area (Å²) >= 11 is 0. The van der Waals surface area contributed by atoms with Crippen molar-refractivity contribution in [3.05, 3.63) is 0 Å². The van der Waals surface area contributed by atoms with Crippen LogP contribution >= 0.6 is 0 Å². The van der Waals surface area contributed by atoms with Crippen LogP contribution in [0, 0.1) is 36.5 Å². The normalized spacial score (nSPS) is 27.2. The molecule has 1 saturated heterocycles. The zero-order valence-electron chi connectivity index (χ0n) is 16.0. The average Bonchev–Trinajstić information content (AvgIpc) is 3.55. The molecular formula is C21H27NO6. The maximum Gasteiger partial charge on any atom is 0.534 e. The highest BCUT2D eigenvalue weighted by molar-refractivity contribution is 6.01. The van der Waals surface area contributed by atoms with Crippen LogP contribution in [0.3, 0.4) is 0 Å². The van der Waals surface area contributed by atoms with E-state index in [1.165, 1.54) is 0 Å². The molecule has 3 fully saturated rings. The topological polar surface area (TPSA) is 93.1 Å². The highest BCUT2D eigenvalue weighted by Gasteiger charge is 2.42. The summed E-state index contributed by atoms with van der Waals surface area (Å²) in [4.78, 5) is 38.4. The molecule has 0 radical (unpaired) electrons. The van der Waals surface area contributed by atoms with Gasteiger partial charge in [-0.25, -0.2) is 4.79 Å². The molecule has 152 valence electrons. The van der Waals surface area contributed by atoms with E-state index in [0.29, 0.717) is 23.3 Å². The maximum absolute atomic E-state index is 11.4. The van der Waals surface area contributed by atoms with E-state index in [1.807, 2.05) is 0 Å². The largest absolute Gasteiger partial charge is 0.534 e. The number of hydroxylamine groups is 2. The first-order valence-electron chi connectivity index (χ1n) is 9.75. The lowest BCUT2D eigenvalue weighted by atomic mass is 10.2. The molecule has 0 aromatic carbocycles. The first kappa shape index (κ1) is 21.8. The van der Waals surface area contributed by atoms with Crippen LogP contribution in [0.2, 0.25) is 0 Å². The van der Waals surface area contributed by atoms with Crippen LogP contribution in [-0.2, 0) is 19.2 Å². The Kier molecular flexibility index (Phi) is 8.35. The van der Waals surface area contributed by atoms with E-state index in [0.717, 1.165) is 44.9 Å². The number of hydrogen-bond donors (Lipinski definition) is 1. The molecule has 1 N–H and O–H groups in total. The van der Waals surface area contributed by atoms with Crippen molar-refractivity contribution in [2.24, 2.45) is 11.8 Å². The molecule has 2 aliphatic carbocycles. The summed E-state index contributed by atoms with van der Waals surface area (Å²) in [5.74, 6) is 5.01. The highest BCUT2D eigenvalue weighted by Crippen LogP contribution is 2.38. The van der Waals surface area contributed by atoms with Crippen molar-refractivity contribution in [1.82, 2.24) is 5.06 Å². The molecule has 28 heavy (non-hydrogen) atoms. The van der Waals surface area contributed by atoms with E-state index in [2.05, 4.69) is 16.7 Å². The Labute approximate surface area is 165 Å². The molecule has 7 heteroatoms. The molecule has 0 aromatic rings. The number of ether oxygens (including phenoxy) is 1. The molecule has 2 saturated carbocycles. The Balaban J connectivity index is 0.000000261. The number of imide groups is 1. The zero-order chi connectivity index (χ0) is 20.5. The SMILES string of the molecule is C#CCCC[C@@H]1C[C@H]1O.C#CCCC[C@@H]1C[C@H]1OC(=O)ON1C(=O)CCC1=O. The van der Waals surface area contributed by atoms with Gasteiger partial charge in [-0.05, 0) is 50.4 Å². The van der Waals surface area contributed by atoms with Crippen molar-refractivity contribution in [3.63, 3.8) is 0 Å². The standard InChI is InChI=1S/C13H15NO5.C8H12O/c1-2-3-4-5-9-8-10(9)18-13(17)19-14-11(15)6-7-12(14)16;1-2-3-4-5-7-6-8(7)9/h1,9-10H,3-8H2;1,7-9H,3-6H2/t9-,10-;7-,8-/m11/s1. The Bertz CT molecular complexity index is 645. The van der Waals surface area contributed by atoms with Gasteiger partial charge in [0.25, 0.3) is 11.8 Å². The molecule has 0 bridgehead atoms. The van der Waals surface area contributed by atoms with E-state index < -0.39 is 18.0 Å². The third-order valence-corrected chi connectivity index (χ3v) is 4.95. The first-order chi connectivity index (χ1) is 13.5. The molecule has 0 aromatic heterocycles. The Morgan fingerprint density at radius 1 is 1.04 bits per heavy atom. The lowest BCUT2D eigenvalue weighted by Gasteiger charge is -2.12. The second-order valence-electron chi connectivity index (χ2n) is 7.33. The summed E-state index contributed by atoms with van der Waals surface area (Å²) in [6.07, 6.45) is 16.5. The van der Waals surface area contributed by atoms with Gasteiger partial charge in [0.15, 0.2) is 0 Å². The second-order valence-corrected chi connectivity index (χ2v) is 7.33. The van der Waals surface area contributed by atoms with Crippen LogP contribution < -0.4 is 0 Å². The van der Waals surface area contributed by atoms with E-state index in [1.54, 1.807) is 0 Å². The van der Waals surface area contributed by atoms with E-state index in [9.17, 15) is 14.4 Å². The molecule has 3 rings (SSSR count). The van der Waals surface area contributed by atoms with Gasteiger partial charge >= 0.3 is 6.16 Å². The molecule has 1 aliphatic heterocycles. The summed E-state index contributed by atoms with van der Waals surface area (Å²) in [5, 5.41) is 9.36. The number of aliphatic hydroxyl groups excluding tert-OH is 1. The van der Waals surface area contributed by atoms with Crippen molar-refractivity contribution in [2.45, 2.75) is 76.4 Å². The third kappa shape index (κ3) is 7.25. The number of hydrogen-bond acceptors (Lipinski definition) is 6. The monoisotopic (exact) mass is 389 g/mol. The number of carbonyl (C=O) groups excluding carboxylic acids is 3. The summed E-state index contributed by atoms with van der Waals surface area (Å²) in [5.41, 5.74) is 0. The molecule has 2 amide bonds. The lowest BCUT2D eigenvalue weighted by Crippen LogP contribution is -2.32. The fourth-order valence-corrected chi connectivity index (χ4v) is 3.02. The van der Waals surface area contributed by atoms with E-state index in [4.69, 9.17) is 22.7 Å². The summed E-state index contributed by atoms with van der Waals surface area (Å²) < 4.78 is 5.00. The average molecular weight is 389 g/mol. The fraction of sp³-hybridized carbons (Fsp3) is 0.667. The zero-order valence-corrected chi connectivity index (χ0v) is 16.0. The van der Waals surface area contributed by atoms with Crippen molar-refractivity contribution in [2.75, 3.05) is 0 Å². The van der Waals surface area contributed by atoms with Gasteiger partial charge in [-0.3, -0.25) is 14.4 Å². The smallest absolute Gasteiger partial charge is 0.429 e. The van der Waals surface area contributed by atoms with Gasteiger partial charge in [-0.1, -0.05) is 5.06 Å². The molecule has 0 unspecified atom stereocenters. The quantitative estimate of drug-likeness (QED) is 0.297. The van der Waals surface area contributed by atoms with Gasteiger partial charge in [0.1, 0.15) is 6.10 Å². The summed E-state index contributed by atoms with van der Waals surface area (Å²) in [6, 6.07) is 0. The van der Waals surface area contributed by atoms with Crippen molar-refractivity contribution in [3.8, 4) is 24.7 Å². The van der Waals surface area contributed by atoms with Gasteiger partial charge in [0.2, 0.25) is 0 Å². The maximum atomic E-state index is 11.4. The number of unbranched alkanes of at least 4 members (excludes halogenated alkanes) is 2. The van der Waals surface area contributed by atoms with E-state index >= 15 is 0 Å². The Morgan fingerprint density at radius 3 is 2.07 bits per heavy atom. The minimum atomic E-state index is -0.993. The predicted molar refractivity (Wildman–Crippen MR) is 100 cm³/mol. The number of nitrogens with zero attached hydrogens (tertiary/aromatic N) is 1. The molecular weight excluding hydrogens is 362 g/mol. The summed E-state index contributed by atoms with van der Waals surface area (Å²) in [7, 11) is 0. The van der Waals surface area contributed by atoms with Crippen LogP contribution in [0.25, 0.3) is 0 Å². The van der Waals surface area contributed by atoms with Crippen molar-refractivity contribution in [1.29, 1.82) is 0 Å². The van der Waals surface area contributed by atoms with Crippen LogP contribution in [0.5, 0.6) is 0 Å². The molecule has 1 heterocycles. The van der Waals surface area contributed by atoms with Gasteiger partial charge in [-0.2, -0.15) is 0 Å². The summed E-state index contributed by atoms with van der Waals surface area (Å²) in [6.45, 7) is 0. The molecule has 0 spiro atoms. The Morgan fingerprint density at radius 2 is 1.57 bits per heavy atom. The van der Waals surface area contributed by atoms with Crippen molar-refractivity contribution >= 4 is 18.0 Å². The first-order valence-corrected chi connectivity index (χ1v) is 9.75. The van der Waals surface area contributed by atoms with Gasteiger partial charge in [-0.15, -0.1) is 24.7 Å². The Hall–Kier alpha value is -2.51. The number of rotatable bonds is 8. The van der Waals surface area contributed by atoms with Gasteiger partial charge in [0.05, 0.1) is 6.10 Å². The van der Waals surface area contributed by atoms with Crippen LogP contribution in [-0.4, -0.2) is 40.3 Å². The minimum absolute atomic E-state index is 0.00257. The van der Waals surface area contributed by atoms with Gasteiger partial charge in [0, 0.05) is 25.7 Å². The van der Waals surface area contributed by atoms with E-state index in [-0.39, 0.29) is 25.0 Å². The highest BCUT2D eigenvalue weighted by atomic mass is 16.8. The molecule has 7 nitrogen and oxygen atoms in total. The van der Waals surface area contributed by atoms with Crippen LogP contribution in [0.15, 0.2) is 0 Å². The van der Waals surface area contributed by atoms with Gasteiger partial charge < -0.3 is 9.84 Å². The number of amides is 2. The number of terminal acetylenes is 2. The molecule has 3 aliphatic rings. The number of aliphatic hydroxyl groups is 1. The lowest BCUT2D eigenvalue weighted by molar-refractivity contribution is -0.177.